The zero-order chi connectivity index (χ0) is 30.2. The quantitative estimate of drug-likeness (QED) is 0.150. The van der Waals surface area contributed by atoms with E-state index in [1.165, 1.54) is 42.9 Å². The SMILES string of the molecule is CCCCC(C)/C=C(C)/C=C(\C)CC(=O)NC1=CC(O)(/C=C/C=C/C=C/C(=O)NC2=C(O)CCC2=O)C2OC2C1=O. The number of ketones is 2. The highest BCUT2D eigenvalue weighted by Crippen LogP contribution is 2.40. The molecule has 3 rings (SSSR count). The lowest BCUT2D eigenvalue weighted by atomic mass is 9.88. The molecular weight excluding hydrogens is 524 g/mol. The fraction of sp³-hybridized carbons (Fsp3) is 0.438. The lowest BCUT2D eigenvalue weighted by molar-refractivity contribution is -0.123. The lowest BCUT2D eigenvalue weighted by Gasteiger charge is -2.23. The molecule has 1 fully saturated rings. The molecule has 0 saturated carbocycles. The Balaban J connectivity index is 1.56. The zero-order valence-corrected chi connectivity index (χ0v) is 24.1. The second-order valence-electron chi connectivity index (χ2n) is 10.9. The third-order valence-corrected chi connectivity index (χ3v) is 6.94. The van der Waals surface area contributed by atoms with E-state index < -0.39 is 23.7 Å². The van der Waals surface area contributed by atoms with Crippen molar-refractivity contribution in [3.05, 3.63) is 83.0 Å². The molecule has 4 unspecified atom stereocenters. The van der Waals surface area contributed by atoms with Gasteiger partial charge in [-0.15, -0.1) is 0 Å². The first-order chi connectivity index (χ1) is 19.4. The van der Waals surface area contributed by atoms with Gasteiger partial charge in [-0.05, 0) is 38.3 Å². The van der Waals surface area contributed by atoms with Crippen molar-refractivity contribution in [3.8, 4) is 0 Å². The summed E-state index contributed by atoms with van der Waals surface area (Å²) in [6.45, 7) is 8.22. The van der Waals surface area contributed by atoms with Crippen LogP contribution in [0.5, 0.6) is 0 Å². The number of hydrogen-bond donors (Lipinski definition) is 4. The van der Waals surface area contributed by atoms with Crippen molar-refractivity contribution < 1.29 is 34.1 Å². The highest BCUT2D eigenvalue weighted by molar-refractivity contribution is 6.05. The molecule has 4 N–H and O–H groups in total. The van der Waals surface area contributed by atoms with Crippen LogP contribution in [0.3, 0.4) is 0 Å². The number of carbonyl (C=O) groups is 4. The Labute approximate surface area is 241 Å². The Kier molecular flexibility index (Phi) is 11.0. The summed E-state index contributed by atoms with van der Waals surface area (Å²) in [7, 11) is 0. The van der Waals surface area contributed by atoms with Gasteiger partial charge < -0.3 is 25.6 Å². The number of unbranched alkanes of at least 4 members (excludes halogenated alkanes) is 1. The van der Waals surface area contributed by atoms with Crippen LogP contribution >= 0.6 is 0 Å². The average Bonchev–Trinajstić information content (AvgIpc) is 3.66. The molecular formula is C32H40N2O7. The number of allylic oxidation sites excluding steroid dienone is 9. The van der Waals surface area contributed by atoms with E-state index in [0.717, 1.165) is 24.0 Å². The van der Waals surface area contributed by atoms with Gasteiger partial charge in [0.2, 0.25) is 17.6 Å². The summed E-state index contributed by atoms with van der Waals surface area (Å²) < 4.78 is 5.39. The van der Waals surface area contributed by atoms with E-state index in [1.54, 1.807) is 6.08 Å². The molecule has 2 amide bonds. The molecule has 220 valence electrons. The van der Waals surface area contributed by atoms with E-state index in [9.17, 15) is 29.4 Å². The standard InChI is InChI=1S/C32H40N2O7/c1-5-6-11-20(2)16-21(3)17-22(4)18-27(38)33-23-19-32(40,31-30(41-31)29(23)39)15-10-8-7-9-12-26(37)34-28-24(35)13-14-25(28)36/h7-10,12,15-17,19-20,30-31,35,40H,5-6,11,13-14,18H2,1-4H3,(H,33,38)(H,34,37)/b8-7+,12-9+,15-10+,21-16+,22-17+. The van der Waals surface area contributed by atoms with Crippen molar-refractivity contribution in [1.29, 1.82) is 0 Å². The topological polar surface area (TPSA) is 145 Å². The van der Waals surface area contributed by atoms with Gasteiger partial charge in [0.25, 0.3) is 0 Å². The summed E-state index contributed by atoms with van der Waals surface area (Å²) >= 11 is 0. The molecule has 9 heteroatoms. The Morgan fingerprint density at radius 2 is 1.88 bits per heavy atom. The maximum absolute atomic E-state index is 12.7. The van der Waals surface area contributed by atoms with Crippen LogP contribution in [-0.2, 0) is 23.9 Å². The smallest absolute Gasteiger partial charge is 0.248 e. The van der Waals surface area contributed by atoms with Crippen LogP contribution in [0.4, 0.5) is 0 Å². The van der Waals surface area contributed by atoms with Crippen LogP contribution in [0.2, 0.25) is 0 Å². The summed E-state index contributed by atoms with van der Waals surface area (Å²) in [5, 5.41) is 25.7. The summed E-state index contributed by atoms with van der Waals surface area (Å²) in [6.07, 6.45) is 16.5. The molecule has 1 saturated heterocycles. The summed E-state index contributed by atoms with van der Waals surface area (Å²) in [4.78, 5) is 48.9. The third kappa shape index (κ3) is 9.09. The van der Waals surface area contributed by atoms with Crippen molar-refractivity contribution in [2.24, 2.45) is 5.92 Å². The molecule has 0 radical (unpaired) electrons. The van der Waals surface area contributed by atoms with Gasteiger partial charge in [-0.1, -0.05) is 74.3 Å². The Morgan fingerprint density at radius 1 is 1.15 bits per heavy atom. The van der Waals surface area contributed by atoms with Gasteiger partial charge in [0.05, 0.1) is 5.70 Å². The summed E-state index contributed by atoms with van der Waals surface area (Å²) in [6, 6.07) is 0. The number of Topliss-reactive ketones (excluding diaryl/α,β-unsaturated/α-hetero) is 2. The number of epoxide rings is 1. The van der Waals surface area contributed by atoms with Crippen LogP contribution in [0.25, 0.3) is 0 Å². The molecule has 0 aromatic carbocycles. The summed E-state index contributed by atoms with van der Waals surface area (Å²) in [5.41, 5.74) is 0.266. The maximum atomic E-state index is 12.7. The fourth-order valence-corrected chi connectivity index (χ4v) is 4.87. The van der Waals surface area contributed by atoms with E-state index in [-0.39, 0.29) is 53.9 Å². The number of carbonyl (C=O) groups excluding carboxylic acids is 4. The van der Waals surface area contributed by atoms with Crippen LogP contribution in [-0.4, -0.2) is 51.4 Å². The first-order valence-electron chi connectivity index (χ1n) is 14.0. The second kappa shape index (κ2) is 14.2. The summed E-state index contributed by atoms with van der Waals surface area (Å²) in [5.74, 6) is -1.27. The molecule has 0 aromatic heterocycles. The largest absolute Gasteiger partial charge is 0.510 e. The minimum atomic E-state index is -1.60. The number of ether oxygens (including phenoxy) is 1. The highest BCUT2D eigenvalue weighted by atomic mass is 16.6. The maximum Gasteiger partial charge on any atom is 0.248 e. The average molecular weight is 565 g/mol. The van der Waals surface area contributed by atoms with Crippen LogP contribution in [0, 0.1) is 5.92 Å². The van der Waals surface area contributed by atoms with E-state index >= 15 is 0 Å². The number of rotatable bonds is 13. The van der Waals surface area contributed by atoms with Crippen molar-refractivity contribution in [3.63, 3.8) is 0 Å². The van der Waals surface area contributed by atoms with Gasteiger partial charge in [-0.25, -0.2) is 0 Å². The zero-order valence-electron chi connectivity index (χ0n) is 24.1. The minimum absolute atomic E-state index is 0.00582. The van der Waals surface area contributed by atoms with Gasteiger partial charge in [0.15, 0.2) is 11.9 Å². The molecule has 4 atom stereocenters. The van der Waals surface area contributed by atoms with Gasteiger partial charge in [-0.2, -0.15) is 0 Å². The molecule has 0 spiro atoms. The number of amides is 2. The van der Waals surface area contributed by atoms with Gasteiger partial charge in [0, 0.05) is 25.3 Å². The predicted octanol–water partition coefficient (Wildman–Crippen LogP) is 4.09. The molecule has 1 aliphatic heterocycles. The molecule has 2 aliphatic carbocycles. The number of fused-ring (bicyclic) bond motifs is 1. The van der Waals surface area contributed by atoms with Crippen LogP contribution < -0.4 is 10.6 Å². The molecule has 3 aliphatic rings. The van der Waals surface area contributed by atoms with E-state index in [4.69, 9.17) is 4.74 Å². The molecule has 41 heavy (non-hydrogen) atoms. The monoisotopic (exact) mass is 564 g/mol. The highest BCUT2D eigenvalue weighted by Gasteiger charge is 2.59. The lowest BCUT2D eigenvalue weighted by Crippen LogP contribution is -2.42. The second-order valence-corrected chi connectivity index (χ2v) is 10.9. The number of hydrogen-bond acceptors (Lipinski definition) is 7. The van der Waals surface area contributed by atoms with Crippen molar-refractivity contribution in [1.82, 2.24) is 10.6 Å². The number of aliphatic hydroxyl groups excluding tert-OH is 1. The van der Waals surface area contributed by atoms with Gasteiger partial charge in [0.1, 0.15) is 23.2 Å². The van der Waals surface area contributed by atoms with Crippen molar-refractivity contribution >= 4 is 23.4 Å². The molecule has 1 heterocycles. The minimum Gasteiger partial charge on any atom is -0.510 e. The normalized spacial score (nSPS) is 25.7. The number of nitrogens with one attached hydrogen (secondary N) is 2. The number of aliphatic hydroxyl groups is 2. The van der Waals surface area contributed by atoms with E-state index in [1.807, 2.05) is 19.9 Å². The van der Waals surface area contributed by atoms with E-state index in [0.29, 0.717) is 5.92 Å². The van der Waals surface area contributed by atoms with Gasteiger partial charge in [-0.3, -0.25) is 19.2 Å². The van der Waals surface area contributed by atoms with Crippen molar-refractivity contribution in [2.45, 2.75) is 84.0 Å². The fourth-order valence-electron chi connectivity index (χ4n) is 4.87. The Bertz CT molecular complexity index is 1280. The Morgan fingerprint density at radius 3 is 2.56 bits per heavy atom. The van der Waals surface area contributed by atoms with Crippen LogP contribution in [0.15, 0.2) is 83.0 Å². The molecule has 9 nitrogen and oxygen atoms in total. The van der Waals surface area contributed by atoms with E-state index in [2.05, 4.69) is 30.6 Å². The molecule has 0 aromatic rings. The first-order valence-corrected chi connectivity index (χ1v) is 14.0. The third-order valence-electron chi connectivity index (χ3n) is 6.94. The molecule has 0 bridgehead atoms. The Hall–Kier alpha value is -3.82. The van der Waals surface area contributed by atoms with Crippen molar-refractivity contribution in [2.75, 3.05) is 0 Å². The van der Waals surface area contributed by atoms with Gasteiger partial charge >= 0.3 is 0 Å². The predicted molar refractivity (Wildman–Crippen MR) is 155 cm³/mol. The van der Waals surface area contributed by atoms with Crippen LogP contribution in [0.1, 0.15) is 66.2 Å². The first kappa shape index (κ1) is 31.7.